The van der Waals surface area contributed by atoms with Gasteiger partial charge in [0.05, 0.1) is 13.4 Å². The molecule has 0 saturated heterocycles. The summed E-state index contributed by atoms with van der Waals surface area (Å²) in [6.07, 6.45) is 3.80. The number of hydrogen-bond donors (Lipinski definition) is 1. The first-order chi connectivity index (χ1) is 12.3. The molecular weight excluding hydrogens is 310 g/mol. The lowest BCUT2D eigenvalue weighted by Crippen LogP contribution is -2.18. The van der Waals surface area contributed by atoms with Crippen molar-refractivity contribution in [3.63, 3.8) is 0 Å². The monoisotopic (exact) mass is 335 g/mol. The predicted octanol–water partition coefficient (Wildman–Crippen LogP) is 4.79. The van der Waals surface area contributed by atoms with Crippen LogP contribution in [0, 0.1) is 0 Å². The van der Waals surface area contributed by atoms with Crippen LogP contribution in [-0.4, -0.2) is 13.7 Å². The average Bonchev–Trinajstić information content (AvgIpc) is 3.20. The lowest BCUT2D eigenvalue weighted by molar-refractivity contribution is 0.414. The number of benzene rings is 2. The molecule has 0 amide bonds. The SMILES string of the molecule is COc1ccc(CNCC[C@@H](Cc2ccccc2)c2ccco2)cc1. The van der Waals surface area contributed by atoms with Crippen molar-refractivity contribution in [2.45, 2.75) is 25.3 Å². The van der Waals surface area contributed by atoms with Crippen LogP contribution in [0.3, 0.4) is 0 Å². The molecule has 25 heavy (non-hydrogen) atoms. The van der Waals surface area contributed by atoms with E-state index in [0.717, 1.165) is 37.4 Å². The van der Waals surface area contributed by atoms with Crippen LogP contribution in [0.1, 0.15) is 29.2 Å². The first kappa shape index (κ1) is 17.3. The number of furan rings is 1. The quantitative estimate of drug-likeness (QED) is 0.571. The molecule has 3 nitrogen and oxygen atoms in total. The van der Waals surface area contributed by atoms with Crippen molar-refractivity contribution >= 4 is 0 Å². The summed E-state index contributed by atoms with van der Waals surface area (Å²) >= 11 is 0. The van der Waals surface area contributed by atoms with Crippen molar-refractivity contribution < 1.29 is 9.15 Å². The molecule has 1 heterocycles. The molecule has 1 N–H and O–H groups in total. The van der Waals surface area contributed by atoms with Crippen molar-refractivity contribution in [1.82, 2.24) is 5.32 Å². The molecule has 3 rings (SSSR count). The van der Waals surface area contributed by atoms with Gasteiger partial charge >= 0.3 is 0 Å². The maximum atomic E-state index is 5.67. The lowest BCUT2D eigenvalue weighted by atomic mass is 9.94. The number of rotatable bonds is 9. The zero-order valence-electron chi connectivity index (χ0n) is 14.7. The highest BCUT2D eigenvalue weighted by Gasteiger charge is 2.14. The second kappa shape index (κ2) is 9.09. The predicted molar refractivity (Wildman–Crippen MR) is 101 cm³/mol. The minimum Gasteiger partial charge on any atom is -0.497 e. The Morgan fingerprint density at radius 2 is 1.72 bits per heavy atom. The van der Waals surface area contributed by atoms with E-state index < -0.39 is 0 Å². The molecule has 0 spiro atoms. The second-order valence-electron chi connectivity index (χ2n) is 6.22. The van der Waals surface area contributed by atoms with Crippen LogP contribution < -0.4 is 10.1 Å². The molecule has 0 radical (unpaired) electrons. The van der Waals surface area contributed by atoms with E-state index in [1.54, 1.807) is 13.4 Å². The molecule has 0 aliphatic heterocycles. The van der Waals surface area contributed by atoms with Crippen LogP contribution in [0.2, 0.25) is 0 Å². The van der Waals surface area contributed by atoms with Gasteiger partial charge < -0.3 is 14.5 Å². The highest BCUT2D eigenvalue weighted by molar-refractivity contribution is 5.27. The third-order valence-corrected chi connectivity index (χ3v) is 4.43. The van der Waals surface area contributed by atoms with Gasteiger partial charge in [0.25, 0.3) is 0 Å². The Kier molecular flexibility index (Phi) is 6.29. The van der Waals surface area contributed by atoms with E-state index in [1.165, 1.54) is 11.1 Å². The molecule has 2 aromatic carbocycles. The minimum absolute atomic E-state index is 0.390. The minimum atomic E-state index is 0.390. The molecule has 1 aromatic heterocycles. The van der Waals surface area contributed by atoms with Gasteiger partial charge in [-0.1, -0.05) is 42.5 Å². The van der Waals surface area contributed by atoms with Crippen molar-refractivity contribution in [3.8, 4) is 5.75 Å². The molecule has 130 valence electrons. The van der Waals surface area contributed by atoms with Crippen molar-refractivity contribution in [2.24, 2.45) is 0 Å². The molecule has 3 heteroatoms. The number of nitrogens with one attached hydrogen (secondary N) is 1. The Bertz CT molecular complexity index is 720. The van der Waals surface area contributed by atoms with E-state index in [-0.39, 0.29) is 0 Å². The Morgan fingerprint density at radius 1 is 0.920 bits per heavy atom. The smallest absolute Gasteiger partial charge is 0.118 e. The Labute approximate surface area is 149 Å². The summed E-state index contributed by atoms with van der Waals surface area (Å²) in [7, 11) is 1.69. The van der Waals surface area contributed by atoms with E-state index in [2.05, 4.69) is 53.8 Å². The Hall–Kier alpha value is -2.52. The number of methoxy groups -OCH3 is 1. The highest BCUT2D eigenvalue weighted by atomic mass is 16.5. The van der Waals surface area contributed by atoms with Crippen molar-refractivity contribution in [2.75, 3.05) is 13.7 Å². The van der Waals surface area contributed by atoms with E-state index in [4.69, 9.17) is 9.15 Å². The Morgan fingerprint density at radius 3 is 2.40 bits per heavy atom. The molecule has 0 fully saturated rings. The van der Waals surface area contributed by atoms with Gasteiger partial charge in [0.2, 0.25) is 0 Å². The molecule has 0 aliphatic carbocycles. The van der Waals surface area contributed by atoms with Crippen molar-refractivity contribution in [1.29, 1.82) is 0 Å². The van der Waals surface area contributed by atoms with Gasteiger partial charge in [-0.25, -0.2) is 0 Å². The van der Waals surface area contributed by atoms with Crippen LogP contribution in [0.4, 0.5) is 0 Å². The highest BCUT2D eigenvalue weighted by Crippen LogP contribution is 2.24. The molecule has 0 aliphatic rings. The third-order valence-electron chi connectivity index (χ3n) is 4.43. The van der Waals surface area contributed by atoms with E-state index in [1.807, 2.05) is 18.2 Å². The van der Waals surface area contributed by atoms with Crippen LogP contribution in [-0.2, 0) is 13.0 Å². The largest absolute Gasteiger partial charge is 0.497 e. The van der Waals surface area contributed by atoms with Crippen LogP contribution in [0.15, 0.2) is 77.4 Å². The summed E-state index contributed by atoms with van der Waals surface area (Å²) in [6, 6.07) is 22.8. The van der Waals surface area contributed by atoms with Gasteiger partial charge in [-0.3, -0.25) is 0 Å². The summed E-state index contributed by atoms with van der Waals surface area (Å²) < 4.78 is 10.9. The second-order valence-corrected chi connectivity index (χ2v) is 6.22. The molecule has 1 atom stereocenters. The number of ether oxygens (including phenoxy) is 1. The fraction of sp³-hybridized carbons (Fsp3) is 0.273. The van der Waals surface area contributed by atoms with E-state index in [9.17, 15) is 0 Å². The third kappa shape index (κ3) is 5.23. The van der Waals surface area contributed by atoms with Crippen molar-refractivity contribution in [3.05, 3.63) is 89.9 Å². The van der Waals surface area contributed by atoms with E-state index in [0.29, 0.717) is 5.92 Å². The lowest BCUT2D eigenvalue weighted by Gasteiger charge is -2.15. The van der Waals surface area contributed by atoms with Gasteiger partial charge in [-0.15, -0.1) is 0 Å². The fourth-order valence-corrected chi connectivity index (χ4v) is 3.02. The van der Waals surface area contributed by atoms with Crippen LogP contribution in [0.25, 0.3) is 0 Å². The molecule has 3 aromatic rings. The zero-order valence-corrected chi connectivity index (χ0v) is 14.7. The maximum absolute atomic E-state index is 5.67. The summed E-state index contributed by atoms with van der Waals surface area (Å²) in [5.74, 6) is 2.35. The first-order valence-corrected chi connectivity index (χ1v) is 8.76. The maximum Gasteiger partial charge on any atom is 0.118 e. The zero-order chi connectivity index (χ0) is 17.3. The Balaban J connectivity index is 1.52. The standard InChI is InChI=1S/C22H25NO2/c1-24-21-11-9-19(10-12-21)17-23-14-13-20(22-8-5-15-25-22)16-18-6-3-2-4-7-18/h2-12,15,20,23H,13-14,16-17H2,1H3/t20-/m0/s1. The summed E-state index contributed by atoms with van der Waals surface area (Å²) in [4.78, 5) is 0. The molecule has 0 saturated carbocycles. The fourth-order valence-electron chi connectivity index (χ4n) is 3.02. The van der Waals surface area contributed by atoms with Crippen LogP contribution in [0.5, 0.6) is 5.75 Å². The van der Waals surface area contributed by atoms with Gasteiger partial charge in [0.1, 0.15) is 11.5 Å². The van der Waals surface area contributed by atoms with Gasteiger partial charge in [-0.2, -0.15) is 0 Å². The molecule has 0 unspecified atom stereocenters. The molecule has 0 bridgehead atoms. The normalized spacial score (nSPS) is 12.0. The summed E-state index contributed by atoms with van der Waals surface area (Å²) in [5, 5.41) is 3.53. The van der Waals surface area contributed by atoms with Gasteiger partial charge in [0, 0.05) is 12.5 Å². The molecular formula is C22H25NO2. The summed E-state index contributed by atoms with van der Waals surface area (Å²) in [5.41, 5.74) is 2.61. The average molecular weight is 335 g/mol. The van der Waals surface area contributed by atoms with Gasteiger partial charge in [-0.05, 0) is 54.8 Å². The summed E-state index contributed by atoms with van der Waals surface area (Å²) in [6.45, 7) is 1.81. The topological polar surface area (TPSA) is 34.4 Å². The first-order valence-electron chi connectivity index (χ1n) is 8.76. The number of hydrogen-bond acceptors (Lipinski definition) is 3. The van der Waals surface area contributed by atoms with E-state index >= 15 is 0 Å². The van der Waals surface area contributed by atoms with Gasteiger partial charge in [0.15, 0.2) is 0 Å². The van der Waals surface area contributed by atoms with Crippen LogP contribution >= 0.6 is 0 Å².